The third-order valence-electron chi connectivity index (χ3n) is 3.95. The highest BCUT2D eigenvalue weighted by atomic mass is 16.1. The van der Waals surface area contributed by atoms with E-state index in [1.807, 2.05) is 17.7 Å². The Hall–Kier alpha value is -1.09. The average Bonchev–Trinajstić information content (AvgIpc) is 2.24. The first-order valence-corrected chi connectivity index (χ1v) is 7.22. The molecule has 3 heteroatoms. The van der Waals surface area contributed by atoms with Gasteiger partial charge in [-0.3, -0.25) is 4.79 Å². The Kier molecular flexibility index (Phi) is 3.86. The third kappa shape index (κ3) is 3.27. The van der Waals surface area contributed by atoms with Crippen LogP contribution in [0.5, 0.6) is 0 Å². The van der Waals surface area contributed by atoms with E-state index in [0.29, 0.717) is 5.41 Å². The van der Waals surface area contributed by atoms with Gasteiger partial charge in [0.2, 0.25) is 0 Å². The van der Waals surface area contributed by atoms with E-state index in [1.165, 1.54) is 18.7 Å². The molecule has 0 atom stereocenters. The van der Waals surface area contributed by atoms with E-state index in [0.717, 1.165) is 18.5 Å². The highest BCUT2D eigenvalue weighted by molar-refractivity contribution is 5.23. The van der Waals surface area contributed by atoms with Crippen molar-refractivity contribution in [1.82, 2.24) is 9.47 Å². The fourth-order valence-corrected chi connectivity index (χ4v) is 2.95. The van der Waals surface area contributed by atoms with Crippen LogP contribution in [0.3, 0.4) is 0 Å². The molecule has 2 rings (SSSR count). The molecule has 0 aliphatic carbocycles. The van der Waals surface area contributed by atoms with E-state index >= 15 is 0 Å². The van der Waals surface area contributed by atoms with Crippen molar-refractivity contribution in [1.29, 1.82) is 0 Å². The van der Waals surface area contributed by atoms with Gasteiger partial charge in [-0.05, 0) is 43.7 Å². The van der Waals surface area contributed by atoms with Crippen LogP contribution in [0.4, 0.5) is 0 Å². The highest BCUT2D eigenvalue weighted by Gasteiger charge is 2.33. The summed E-state index contributed by atoms with van der Waals surface area (Å²) >= 11 is 0. The van der Waals surface area contributed by atoms with Crippen molar-refractivity contribution >= 4 is 0 Å². The zero-order valence-electron chi connectivity index (χ0n) is 12.9. The molecular weight excluding hydrogens is 236 g/mol. The lowest BCUT2D eigenvalue weighted by Crippen LogP contribution is -2.53. The van der Waals surface area contributed by atoms with Gasteiger partial charge in [0.25, 0.3) is 5.56 Å². The number of hydrogen-bond acceptors (Lipinski definition) is 2. The van der Waals surface area contributed by atoms with Crippen LogP contribution in [-0.4, -0.2) is 29.1 Å². The Bertz CT molecular complexity index is 506. The zero-order chi connectivity index (χ0) is 14.2. The van der Waals surface area contributed by atoms with Crippen molar-refractivity contribution in [2.24, 2.45) is 5.41 Å². The van der Waals surface area contributed by atoms with Crippen molar-refractivity contribution in [3.05, 3.63) is 33.7 Å². The van der Waals surface area contributed by atoms with Gasteiger partial charge in [-0.25, -0.2) is 0 Å². The van der Waals surface area contributed by atoms with E-state index in [9.17, 15) is 4.79 Å². The Morgan fingerprint density at radius 1 is 1.32 bits per heavy atom. The second-order valence-electron chi connectivity index (χ2n) is 6.95. The molecule has 0 amide bonds. The van der Waals surface area contributed by atoms with Crippen molar-refractivity contribution in [2.75, 3.05) is 19.6 Å². The minimum absolute atomic E-state index is 0.112. The van der Waals surface area contributed by atoms with Crippen LogP contribution in [0.25, 0.3) is 0 Å². The van der Waals surface area contributed by atoms with Crippen LogP contribution >= 0.6 is 0 Å². The molecule has 0 aromatic carbocycles. The van der Waals surface area contributed by atoms with Crippen LogP contribution < -0.4 is 5.56 Å². The topological polar surface area (TPSA) is 25.2 Å². The van der Waals surface area contributed by atoms with Crippen LogP contribution in [0.1, 0.15) is 44.9 Å². The maximum absolute atomic E-state index is 11.9. The van der Waals surface area contributed by atoms with Gasteiger partial charge >= 0.3 is 0 Å². The average molecular weight is 262 g/mol. The van der Waals surface area contributed by atoms with Gasteiger partial charge in [-0.15, -0.1) is 0 Å². The quantitative estimate of drug-likeness (QED) is 0.833. The highest BCUT2D eigenvalue weighted by Crippen LogP contribution is 2.28. The second-order valence-corrected chi connectivity index (χ2v) is 6.95. The first-order valence-electron chi connectivity index (χ1n) is 7.22. The van der Waals surface area contributed by atoms with Crippen molar-refractivity contribution < 1.29 is 0 Å². The molecule has 0 spiro atoms. The van der Waals surface area contributed by atoms with Gasteiger partial charge in [0, 0.05) is 37.9 Å². The summed E-state index contributed by atoms with van der Waals surface area (Å²) in [6, 6.07) is 2.00. The summed E-state index contributed by atoms with van der Waals surface area (Å²) < 4.78 is 1.84. The number of hydrogen-bond donors (Lipinski definition) is 0. The van der Waals surface area contributed by atoms with Crippen molar-refractivity contribution in [3.63, 3.8) is 0 Å². The van der Waals surface area contributed by atoms with Crippen molar-refractivity contribution in [3.8, 4) is 0 Å². The van der Waals surface area contributed by atoms with Gasteiger partial charge in [0.15, 0.2) is 0 Å². The Balaban J connectivity index is 2.04. The maximum atomic E-state index is 11.9. The Morgan fingerprint density at radius 3 is 2.47 bits per heavy atom. The number of aromatic nitrogens is 1. The van der Waals surface area contributed by atoms with E-state index in [1.54, 1.807) is 6.07 Å². The zero-order valence-corrected chi connectivity index (χ0v) is 12.9. The molecule has 2 heterocycles. The van der Waals surface area contributed by atoms with Crippen LogP contribution in [0, 0.1) is 12.3 Å². The van der Waals surface area contributed by atoms with Crippen molar-refractivity contribution in [2.45, 2.75) is 47.1 Å². The lowest BCUT2D eigenvalue weighted by Gasteiger charge is -2.46. The number of pyridine rings is 1. The van der Waals surface area contributed by atoms with Gasteiger partial charge < -0.3 is 9.47 Å². The first-order chi connectivity index (χ1) is 8.78. The summed E-state index contributed by atoms with van der Waals surface area (Å²) in [4.78, 5) is 14.4. The molecular formula is C16H26N2O. The van der Waals surface area contributed by atoms with Gasteiger partial charge in [-0.2, -0.15) is 0 Å². The molecule has 1 saturated heterocycles. The van der Waals surface area contributed by atoms with Crippen LogP contribution in [0.2, 0.25) is 0 Å². The molecule has 0 bridgehead atoms. The summed E-state index contributed by atoms with van der Waals surface area (Å²) in [6.45, 7) is 14.3. The minimum atomic E-state index is 0.112. The number of likely N-dealkylation sites (tertiary alicyclic amines) is 1. The molecule has 0 unspecified atom stereocenters. The Morgan fingerprint density at radius 2 is 1.95 bits per heavy atom. The lowest BCUT2D eigenvalue weighted by atomic mass is 9.84. The van der Waals surface area contributed by atoms with Gasteiger partial charge in [0.05, 0.1) is 0 Å². The molecule has 19 heavy (non-hydrogen) atoms. The molecule has 3 nitrogen and oxygen atoms in total. The third-order valence-corrected chi connectivity index (χ3v) is 3.95. The van der Waals surface area contributed by atoms with E-state index in [2.05, 4.69) is 32.6 Å². The van der Waals surface area contributed by atoms with E-state index in [4.69, 9.17) is 0 Å². The van der Waals surface area contributed by atoms with Crippen LogP contribution in [0.15, 0.2) is 17.1 Å². The number of aryl methyl sites for hydroxylation is 1. The van der Waals surface area contributed by atoms with Crippen LogP contribution in [-0.2, 0) is 6.42 Å². The second kappa shape index (κ2) is 5.12. The predicted octanol–water partition coefficient (Wildman–Crippen LogP) is 2.62. The molecule has 106 valence electrons. The van der Waals surface area contributed by atoms with Gasteiger partial charge in [0.1, 0.15) is 0 Å². The monoisotopic (exact) mass is 262 g/mol. The van der Waals surface area contributed by atoms with E-state index in [-0.39, 0.29) is 11.6 Å². The van der Waals surface area contributed by atoms with E-state index < -0.39 is 0 Å². The summed E-state index contributed by atoms with van der Waals surface area (Å²) in [5, 5.41) is 0. The SMILES string of the molecule is Cc1cc(=O)n(C(C)C)cc1CCN1CC(C)(C)C1. The molecule has 0 radical (unpaired) electrons. The predicted molar refractivity (Wildman–Crippen MR) is 79.7 cm³/mol. The molecule has 1 fully saturated rings. The summed E-state index contributed by atoms with van der Waals surface area (Å²) in [7, 11) is 0. The number of rotatable bonds is 4. The minimum Gasteiger partial charge on any atom is -0.313 e. The fourth-order valence-electron chi connectivity index (χ4n) is 2.95. The molecule has 1 aromatic rings. The molecule has 0 saturated carbocycles. The normalized spacial score (nSPS) is 18.6. The molecule has 1 aliphatic rings. The summed E-state index contributed by atoms with van der Waals surface area (Å²) in [5.74, 6) is 0. The first kappa shape index (κ1) is 14.3. The standard InChI is InChI=1S/C16H26N2O/c1-12(2)18-9-14(13(3)8-15(18)19)6-7-17-10-16(4,5)11-17/h8-9,12H,6-7,10-11H2,1-5H3. The molecule has 1 aromatic heterocycles. The fraction of sp³-hybridized carbons (Fsp3) is 0.688. The molecule has 1 aliphatic heterocycles. The Labute approximate surface area is 116 Å². The number of nitrogens with zero attached hydrogens (tertiary/aromatic N) is 2. The summed E-state index contributed by atoms with van der Waals surface area (Å²) in [6.07, 6.45) is 3.09. The lowest BCUT2D eigenvalue weighted by molar-refractivity contribution is 0.0324. The summed E-state index contributed by atoms with van der Waals surface area (Å²) in [5.41, 5.74) is 3.03. The largest absolute Gasteiger partial charge is 0.313 e. The van der Waals surface area contributed by atoms with Gasteiger partial charge in [-0.1, -0.05) is 13.8 Å². The smallest absolute Gasteiger partial charge is 0.251 e. The maximum Gasteiger partial charge on any atom is 0.251 e. The molecule has 0 N–H and O–H groups in total.